The van der Waals surface area contributed by atoms with Crippen LogP contribution in [0.15, 0.2) is 30.3 Å². The van der Waals surface area contributed by atoms with Gasteiger partial charge in [0.15, 0.2) is 0 Å². The van der Waals surface area contributed by atoms with Gasteiger partial charge in [-0.15, -0.1) is 0 Å². The molecule has 0 aliphatic carbocycles. The third-order valence-corrected chi connectivity index (χ3v) is 2.82. The van der Waals surface area contributed by atoms with Crippen molar-refractivity contribution in [3.63, 3.8) is 0 Å². The molecule has 0 aromatic heterocycles. The summed E-state index contributed by atoms with van der Waals surface area (Å²) < 4.78 is 0. The van der Waals surface area contributed by atoms with E-state index in [1.807, 2.05) is 0 Å². The van der Waals surface area contributed by atoms with E-state index in [0.29, 0.717) is 11.6 Å². The molecule has 1 aromatic carbocycles. The monoisotopic (exact) mass is 398 g/mol. The summed E-state index contributed by atoms with van der Waals surface area (Å²) in [5, 5.41) is 21.3. The number of aliphatic carboxylic acids is 2. The van der Waals surface area contributed by atoms with Gasteiger partial charge in [-0.1, -0.05) is 44.0 Å². The Kier molecular flexibility index (Phi) is 9.96. The van der Waals surface area contributed by atoms with Crippen molar-refractivity contribution < 1.29 is 19.8 Å². The number of carboxylic acids is 2. The predicted octanol–water partition coefficient (Wildman–Crippen LogP) is -0.0783. The number of carbonyl (C=O) groups is 2. The molecule has 0 N–H and O–H groups in total. The molecule has 0 amide bonds. The van der Waals surface area contributed by atoms with Crippen LogP contribution in [-0.4, -0.2) is 60.8 Å². The van der Waals surface area contributed by atoms with E-state index >= 15 is 0 Å². The Morgan fingerprint density at radius 3 is 2.15 bits per heavy atom. The van der Waals surface area contributed by atoms with Crippen LogP contribution in [0.25, 0.3) is 5.57 Å². The Labute approximate surface area is 159 Å². The molecule has 0 saturated heterocycles. The first-order chi connectivity index (χ1) is 9.04. The number of rotatable bonds is 7. The molecule has 20 heavy (non-hydrogen) atoms. The van der Waals surface area contributed by atoms with Crippen molar-refractivity contribution in [1.82, 2.24) is 0 Å². The molecule has 102 valence electrons. The molecule has 0 bridgehead atoms. The van der Waals surface area contributed by atoms with Crippen molar-refractivity contribution in [2.45, 2.75) is 32.6 Å². The van der Waals surface area contributed by atoms with Crippen LogP contribution in [0.4, 0.5) is 0 Å². The maximum atomic E-state index is 10.9. The Morgan fingerprint density at radius 1 is 1.10 bits per heavy atom. The van der Waals surface area contributed by atoms with Crippen LogP contribution < -0.4 is 10.2 Å². The number of benzene rings is 1. The van der Waals surface area contributed by atoms with E-state index in [-0.39, 0.29) is 54.5 Å². The van der Waals surface area contributed by atoms with Gasteiger partial charge in [0.25, 0.3) is 0 Å². The molecule has 5 heteroatoms. The minimum atomic E-state index is -1.55. The van der Waals surface area contributed by atoms with Crippen molar-refractivity contribution in [3.05, 3.63) is 41.5 Å². The molecule has 1 rings (SSSR count). The summed E-state index contributed by atoms with van der Waals surface area (Å²) in [4.78, 5) is 21.3. The second-order valence-electron chi connectivity index (χ2n) is 4.32. The third-order valence-electron chi connectivity index (χ3n) is 2.82. The molecular weight excluding hydrogens is 381 g/mol. The third kappa shape index (κ3) is 6.76. The summed E-state index contributed by atoms with van der Waals surface area (Å²) in [5.74, 6) is -3.07. The summed E-state index contributed by atoms with van der Waals surface area (Å²) in [7, 11) is 0. The molecule has 0 heterocycles. The van der Waals surface area contributed by atoms with Gasteiger partial charge in [0.1, 0.15) is 0 Å². The first-order valence-electron chi connectivity index (χ1n) is 6.28. The van der Waals surface area contributed by atoms with Gasteiger partial charge in [-0.25, -0.2) is 0 Å². The van der Waals surface area contributed by atoms with E-state index in [0.717, 1.165) is 31.2 Å². The van der Waals surface area contributed by atoms with E-state index in [1.54, 1.807) is 24.3 Å². The molecular formula is C15H16BaO4. The fourth-order valence-corrected chi connectivity index (χ4v) is 1.81. The molecule has 0 aliphatic rings. The van der Waals surface area contributed by atoms with E-state index in [9.17, 15) is 19.8 Å². The molecule has 0 spiro atoms. The van der Waals surface area contributed by atoms with Crippen LogP contribution in [0.2, 0.25) is 0 Å². The Hall–Kier alpha value is -0.529. The molecule has 0 aliphatic heterocycles. The first-order valence-corrected chi connectivity index (χ1v) is 6.28. The Morgan fingerprint density at radius 2 is 1.70 bits per heavy atom. The number of unbranched alkanes of at least 4 members (excludes halogenated alkanes) is 2. The van der Waals surface area contributed by atoms with Crippen molar-refractivity contribution in [2.24, 2.45) is 0 Å². The van der Waals surface area contributed by atoms with Gasteiger partial charge < -0.3 is 19.8 Å². The number of aryl methyl sites for hydroxylation is 1. The largest absolute Gasteiger partial charge is 2.00 e. The Balaban J connectivity index is 0.00000361. The molecule has 0 fully saturated rings. The van der Waals surface area contributed by atoms with Crippen molar-refractivity contribution in [1.29, 1.82) is 0 Å². The number of hydrogen-bond acceptors (Lipinski definition) is 4. The maximum absolute atomic E-state index is 10.9. The molecule has 0 saturated carbocycles. The van der Waals surface area contributed by atoms with Crippen LogP contribution >= 0.6 is 0 Å². The SMILES string of the molecule is CCCCCc1ccc(/C(=C/C(=O)[O-])C(=O)[O-])cc1.[Ba+2]. The van der Waals surface area contributed by atoms with Crippen LogP contribution in [0.1, 0.15) is 37.3 Å². The van der Waals surface area contributed by atoms with Gasteiger partial charge >= 0.3 is 48.9 Å². The fraction of sp³-hybridized carbons (Fsp3) is 0.333. The van der Waals surface area contributed by atoms with E-state index in [4.69, 9.17) is 0 Å². The zero-order valence-electron chi connectivity index (χ0n) is 11.6. The molecule has 0 atom stereocenters. The van der Waals surface area contributed by atoms with Crippen molar-refractivity contribution in [2.75, 3.05) is 0 Å². The summed E-state index contributed by atoms with van der Waals surface area (Å²) in [6, 6.07) is 6.78. The average molecular weight is 398 g/mol. The van der Waals surface area contributed by atoms with Crippen molar-refractivity contribution >= 4 is 66.4 Å². The van der Waals surface area contributed by atoms with E-state index in [1.165, 1.54) is 0 Å². The predicted molar refractivity (Wildman–Crippen MR) is 73.4 cm³/mol. The van der Waals surface area contributed by atoms with Crippen LogP contribution in [-0.2, 0) is 16.0 Å². The zero-order valence-corrected chi connectivity index (χ0v) is 16.0. The molecule has 0 unspecified atom stereocenters. The van der Waals surface area contributed by atoms with Crippen LogP contribution in [0.3, 0.4) is 0 Å². The molecule has 1 aromatic rings. The van der Waals surface area contributed by atoms with Gasteiger partial charge in [-0.3, -0.25) is 0 Å². The fourth-order valence-electron chi connectivity index (χ4n) is 1.81. The van der Waals surface area contributed by atoms with Crippen molar-refractivity contribution in [3.8, 4) is 0 Å². The smallest absolute Gasteiger partial charge is 0.545 e. The standard InChI is InChI=1S/C15H18O4.Ba/c1-2-3-4-5-11-6-8-12(9-7-11)13(15(18)19)10-14(16)17;/h6-10H,2-5H2,1H3,(H,16,17)(H,18,19);/q;+2/p-2/b13-10-;. The number of carbonyl (C=O) groups excluding carboxylic acids is 2. The van der Waals surface area contributed by atoms with E-state index in [2.05, 4.69) is 6.92 Å². The summed E-state index contributed by atoms with van der Waals surface area (Å²) in [5.41, 5.74) is 1.03. The quantitative estimate of drug-likeness (QED) is 0.366. The summed E-state index contributed by atoms with van der Waals surface area (Å²) in [6.07, 6.45) is 4.84. The van der Waals surface area contributed by atoms with E-state index < -0.39 is 11.9 Å². The summed E-state index contributed by atoms with van der Waals surface area (Å²) in [6.45, 7) is 2.12. The normalized spacial score (nSPS) is 10.8. The average Bonchev–Trinajstić information content (AvgIpc) is 2.37. The first kappa shape index (κ1) is 19.5. The van der Waals surface area contributed by atoms with Gasteiger partial charge in [-0.2, -0.15) is 0 Å². The van der Waals surface area contributed by atoms with Gasteiger partial charge in [0.05, 0.1) is 11.9 Å². The zero-order chi connectivity index (χ0) is 14.3. The van der Waals surface area contributed by atoms with Gasteiger partial charge in [0.2, 0.25) is 0 Å². The second kappa shape index (κ2) is 10.2. The topological polar surface area (TPSA) is 80.3 Å². The molecule has 4 nitrogen and oxygen atoms in total. The van der Waals surface area contributed by atoms with Gasteiger partial charge in [-0.05, 0) is 30.0 Å². The van der Waals surface area contributed by atoms with Crippen LogP contribution in [0.5, 0.6) is 0 Å². The molecule has 0 radical (unpaired) electrons. The maximum Gasteiger partial charge on any atom is 2.00 e. The van der Waals surface area contributed by atoms with Crippen LogP contribution in [0, 0.1) is 0 Å². The minimum Gasteiger partial charge on any atom is -0.545 e. The Bertz CT molecular complexity index is 477. The number of hydrogen-bond donors (Lipinski definition) is 0. The second-order valence-corrected chi connectivity index (χ2v) is 4.32. The number of carboxylic acid groups (broad SMARTS) is 2. The summed E-state index contributed by atoms with van der Waals surface area (Å²) >= 11 is 0. The minimum absolute atomic E-state index is 0. The van der Waals surface area contributed by atoms with Gasteiger partial charge in [0, 0.05) is 5.57 Å².